The van der Waals surface area contributed by atoms with Crippen LogP contribution in [-0.2, 0) is 32.2 Å². The summed E-state index contributed by atoms with van der Waals surface area (Å²) in [6, 6.07) is 20.0. The Morgan fingerprint density at radius 1 is 0.958 bits per heavy atom. The molecule has 1 heterocycles. The Labute approximate surface area is 142 Å². The van der Waals surface area contributed by atoms with E-state index < -0.39 is 0 Å². The fraction of sp³-hybridized carbons (Fsp3) is 0.350. The van der Waals surface area contributed by atoms with E-state index in [0.29, 0.717) is 32.7 Å². The average Bonchev–Trinajstić information content (AvgIpc) is 3.06. The molecule has 0 bridgehead atoms. The van der Waals surface area contributed by atoms with Gasteiger partial charge in [-0.3, -0.25) is 4.79 Å². The van der Waals surface area contributed by atoms with Crippen molar-refractivity contribution in [2.24, 2.45) is 0 Å². The van der Waals surface area contributed by atoms with E-state index in [1.165, 1.54) is 0 Å². The molecule has 4 nitrogen and oxygen atoms in total. The number of benzene rings is 2. The second kappa shape index (κ2) is 8.62. The summed E-state index contributed by atoms with van der Waals surface area (Å²) in [5.41, 5.74) is 2.21. The smallest absolute Gasteiger partial charge is 0.306 e. The summed E-state index contributed by atoms with van der Waals surface area (Å²) in [5, 5.41) is 0. The van der Waals surface area contributed by atoms with Crippen molar-refractivity contribution >= 4 is 5.97 Å². The third kappa shape index (κ3) is 4.91. The molecule has 126 valence electrons. The van der Waals surface area contributed by atoms with Crippen molar-refractivity contribution in [3.8, 4) is 0 Å². The van der Waals surface area contributed by atoms with Crippen molar-refractivity contribution in [2.75, 3.05) is 6.61 Å². The number of hydrogen-bond acceptors (Lipinski definition) is 4. The Balaban J connectivity index is 1.54. The van der Waals surface area contributed by atoms with Crippen LogP contribution in [0.1, 0.15) is 24.0 Å². The Kier molecular flexibility index (Phi) is 5.99. The normalized spacial score (nSPS) is 18.3. The van der Waals surface area contributed by atoms with Crippen LogP contribution in [0.3, 0.4) is 0 Å². The van der Waals surface area contributed by atoms with E-state index in [4.69, 9.17) is 14.2 Å². The van der Waals surface area contributed by atoms with Crippen LogP contribution in [0.2, 0.25) is 0 Å². The van der Waals surface area contributed by atoms with Gasteiger partial charge in [-0.1, -0.05) is 60.7 Å². The molecule has 0 N–H and O–H groups in total. The van der Waals surface area contributed by atoms with Crippen LogP contribution in [0.15, 0.2) is 60.7 Å². The van der Waals surface area contributed by atoms with Crippen LogP contribution in [0.25, 0.3) is 0 Å². The standard InChI is InChI=1S/C20H22O4/c21-20-12-11-18(24-20)19(23-14-17-9-5-2-6-10-17)15-22-13-16-7-3-1-4-8-16/h1-10,18-19H,11-15H2. The predicted octanol–water partition coefficient (Wildman–Crippen LogP) is 3.49. The first kappa shape index (κ1) is 16.7. The lowest BCUT2D eigenvalue weighted by Crippen LogP contribution is -2.33. The molecule has 24 heavy (non-hydrogen) atoms. The SMILES string of the molecule is O=C1CCC(C(COCc2ccccc2)OCc2ccccc2)O1. The summed E-state index contributed by atoms with van der Waals surface area (Å²) >= 11 is 0. The molecule has 4 heteroatoms. The molecule has 0 radical (unpaired) electrons. The summed E-state index contributed by atoms with van der Waals surface area (Å²) < 4.78 is 17.2. The number of rotatable bonds is 8. The molecule has 2 atom stereocenters. The van der Waals surface area contributed by atoms with Gasteiger partial charge in [0.15, 0.2) is 0 Å². The molecule has 0 aromatic heterocycles. The topological polar surface area (TPSA) is 44.8 Å². The Morgan fingerprint density at radius 3 is 2.17 bits per heavy atom. The van der Waals surface area contributed by atoms with Gasteiger partial charge >= 0.3 is 5.97 Å². The van der Waals surface area contributed by atoms with Gasteiger partial charge in [-0.25, -0.2) is 0 Å². The summed E-state index contributed by atoms with van der Waals surface area (Å²) in [4.78, 5) is 11.4. The van der Waals surface area contributed by atoms with E-state index in [9.17, 15) is 4.79 Å². The largest absolute Gasteiger partial charge is 0.459 e. The van der Waals surface area contributed by atoms with Gasteiger partial charge in [0, 0.05) is 6.42 Å². The maximum Gasteiger partial charge on any atom is 0.306 e. The van der Waals surface area contributed by atoms with Gasteiger partial charge in [0.05, 0.1) is 19.8 Å². The van der Waals surface area contributed by atoms with Crippen LogP contribution in [0.4, 0.5) is 0 Å². The van der Waals surface area contributed by atoms with Crippen molar-refractivity contribution in [1.29, 1.82) is 0 Å². The van der Waals surface area contributed by atoms with E-state index >= 15 is 0 Å². The molecule has 2 aromatic rings. The third-order valence-electron chi connectivity index (χ3n) is 4.03. The van der Waals surface area contributed by atoms with Gasteiger partial charge in [0.25, 0.3) is 0 Å². The molecule has 1 aliphatic rings. The fourth-order valence-electron chi connectivity index (χ4n) is 2.72. The lowest BCUT2D eigenvalue weighted by molar-refractivity contribution is -0.151. The van der Waals surface area contributed by atoms with Gasteiger partial charge in [-0.2, -0.15) is 0 Å². The maximum absolute atomic E-state index is 11.4. The van der Waals surface area contributed by atoms with Gasteiger partial charge in [0.2, 0.25) is 0 Å². The summed E-state index contributed by atoms with van der Waals surface area (Å²) in [5.74, 6) is -0.156. The molecule has 0 aliphatic carbocycles. The van der Waals surface area contributed by atoms with Crippen molar-refractivity contribution in [1.82, 2.24) is 0 Å². The minimum absolute atomic E-state index is 0.156. The lowest BCUT2D eigenvalue weighted by atomic mass is 10.1. The zero-order valence-electron chi connectivity index (χ0n) is 13.6. The minimum Gasteiger partial charge on any atom is -0.459 e. The highest BCUT2D eigenvalue weighted by atomic mass is 16.6. The third-order valence-corrected chi connectivity index (χ3v) is 4.03. The minimum atomic E-state index is -0.250. The zero-order chi connectivity index (χ0) is 16.6. The monoisotopic (exact) mass is 326 g/mol. The van der Waals surface area contributed by atoms with E-state index in [2.05, 4.69) is 0 Å². The second-order valence-electron chi connectivity index (χ2n) is 5.90. The van der Waals surface area contributed by atoms with E-state index in [1.54, 1.807) is 0 Å². The average molecular weight is 326 g/mol. The molecule has 1 aliphatic heterocycles. The van der Waals surface area contributed by atoms with E-state index in [-0.39, 0.29) is 18.2 Å². The van der Waals surface area contributed by atoms with Crippen molar-refractivity contribution < 1.29 is 19.0 Å². The molecule has 3 rings (SSSR count). The summed E-state index contributed by atoms with van der Waals surface area (Å²) in [7, 11) is 0. The first-order valence-corrected chi connectivity index (χ1v) is 8.28. The molecular weight excluding hydrogens is 304 g/mol. The second-order valence-corrected chi connectivity index (χ2v) is 5.90. The Morgan fingerprint density at radius 2 is 1.58 bits per heavy atom. The van der Waals surface area contributed by atoms with Crippen LogP contribution in [-0.4, -0.2) is 24.8 Å². The summed E-state index contributed by atoms with van der Waals surface area (Å²) in [6.45, 7) is 1.40. The van der Waals surface area contributed by atoms with E-state index in [0.717, 1.165) is 11.1 Å². The highest BCUT2D eigenvalue weighted by Crippen LogP contribution is 2.21. The number of esters is 1. The van der Waals surface area contributed by atoms with Gasteiger partial charge in [-0.15, -0.1) is 0 Å². The van der Waals surface area contributed by atoms with Crippen LogP contribution in [0.5, 0.6) is 0 Å². The highest BCUT2D eigenvalue weighted by molar-refractivity contribution is 5.71. The molecule has 0 spiro atoms. The molecule has 1 fully saturated rings. The molecule has 1 saturated heterocycles. The maximum atomic E-state index is 11.4. The summed E-state index contributed by atoms with van der Waals surface area (Å²) in [6.07, 6.45) is 0.666. The van der Waals surface area contributed by atoms with Crippen molar-refractivity contribution in [2.45, 2.75) is 38.3 Å². The van der Waals surface area contributed by atoms with Crippen LogP contribution < -0.4 is 0 Å². The lowest BCUT2D eigenvalue weighted by Gasteiger charge is -2.23. The number of hydrogen-bond donors (Lipinski definition) is 0. The van der Waals surface area contributed by atoms with Crippen LogP contribution >= 0.6 is 0 Å². The van der Waals surface area contributed by atoms with Crippen molar-refractivity contribution in [3.05, 3.63) is 71.8 Å². The van der Waals surface area contributed by atoms with Crippen molar-refractivity contribution in [3.63, 3.8) is 0 Å². The molecular formula is C20H22O4. The number of cyclic esters (lactones) is 1. The molecule has 2 unspecified atom stereocenters. The first-order chi connectivity index (χ1) is 11.8. The zero-order valence-corrected chi connectivity index (χ0v) is 13.6. The molecule has 0 amide bonds. The predicted molar refractivity (Wildman–Crippen MR) is 90.2 cm³/mol. The highest BCUT2D eigenvalue weighted by Gasteiger charge is 2.32. The van der Waals surface area contributed by atoms with E-state index in [1.807, 2.05) is 60.7 Å². The Bertz CT molecular complexity index is 627. The van der Waals surface area contributed by atoms with Gasteiger partial charge in [0.1, 0.15) is 12.2 Å². The first-order valence-electron chi connectivity index (χ1n) is 8.28. The number of carbonyl (C=O) groups excluding carboxylic acids is 1. The number of carbonyl (C=O) groups is 1. The quantitative estimate of drug-likeness (QED) is 0.697. The molecule has 2 aromatic carbocycles. The number of ether oxygens (including phenoxy) is 3. The van der Waals surface area contributed by atoms with Gasteiger partial charge < -0.3 is 14.2 Å². The Hall–Kier alpha value is -2.17. The fourth-order valence-corrected chi connectivity index (χ4v) is 2.72. The molecule has 0 saturated carbocycles. The van der Waals surface area contributed by atoms with Crippen LogP contribution in [0, 0.1) is 0 Å². The van der Waals surface area contributed by atoms with Gasteiger partial charge in [-0.05, 0) is 17.5 Å².